The van der Waals surface area contributed by atoms with E-state index in [4.69, 9.17) is 32.2 Å². The highest BCUT2D eigenvalue weighted by atomic mass is 32.3. The summed E-state index contributed by atoms with van der Waals surface area (Å²) in [7, 11) is 4.20. The lowest BCUT2D eigenvalue weighted by Gasteiger charge is -2.41. The van der Waals surface area contributed by atoms with E-state index in [1.54, 1.807) is 85.5 Å². The van der Waals surface area contributed by atoms with Crippen LogP contribution in [0, 0.1) is 20.8 Å². The van der Waals surface area contributed by atoms with E-state index in [9.17, 15) is 25.3 Å². The average molecular weight is 1500 g/mol. The number of nitrogens with one attached hydrogen (secondary N) is 3. The highest BCUT2D eigenvalue weighted by Crippen LogP contribution is 2.41. The van der Waals surface area contributed by atoms with Crippen molar-refractivity contribution in [3.05, 3.63) is 109 Å². The van der Waals surface area contributed by atoms with Gasteiger partial charge in [0.25, 0.3) is 30.1 Å². The maximum atomic E-state index is 12.7. The Kier molecular flexibility index (Phi) is 19.6. The van der Waals surface area contributed by atoms with Crippen molar-refractivity contribution in [1.82, 2.24) is 86.1 Å². The van der Waals surface area contributed by atoms with Gasteiger partial charge in [-0.05, 0) is 74.9 Å². The number of rotatable bonds is 20. The molecule has 3 fully saturated rings. The first kappa shape index (κ1) is 71.4. The number of hydrogen-bond donors (Lipinski definition) is 6. The predicted octanol–water partition coefficient (Wildman–Crippen LogP) is 6.09. The van der Waals surface area contributed by atoms with Crippen molar-refractivity contribution in [3.63, 3.8) is 0 Å². The smallest absolute Gasteiger partial charge is 0.252 e. The van der Waals surface area contributed by atoms with Crippen molar-refractivity contribution >= 4 is 131 Å². The van der Waals surface area contributed by atoms with E-state index in [1.165, 1.54) is 89.2 Å². The van der Waals surface area contributed by atoms with Crippen LogP contribution in [0.4, 0.5) is 49.9 Å². The molecule has 3 aliphatic heterocycles. The number of aromatic nitrogens is 15. The summed E-state index contributed by atoms with van der Waals surface area (Å²) in [6.45, 7) is 9.71. The van der Waals surface area contributed by atoms with E-state index in [1.807, 2.05) is 76.1 Å². The second-order valence-electron chi connectivity index (χ2n) is 25.8. The monoisotopic (exact) mass is 1500 g/mol. The van der Waals surface area contributed by atoms with Gasteiger partial charge in [-0.15, -0.1) is 34.0 Å². The van der Waals surface area contributed by atoms with E-state index < -0.39 is 30.1 Å². The van der Waals surface area contributed by atoms with Crippen molar-refractivity contribution in [2.45, 2.75) is 70.8 Å². The molecule has 540 valence electrons. The minimum Gasteiger partial charge on any atom is -0.353 e. The fourth-order valence-corrected chi connectivity index (χ4v) is 20.4. The quantitative estimate of drug-likeness (QED) is 0.0502. The molecule has 102 heavy (non-hydrogen) atoms. The summed E-state index contributed by atoms with van der Waals surface area (Å²) in [4.78, 5) is 21.3. The molecule has 33 nitrogen and oxygen atoms in total. The van der Waals surface area contributed by atoms with Gasteiger partial charge in [0.15, 0.2) is 16.9 Å². The highest BCUT2D eigenvalue weighted by molar-refractivity contribution is 7.92. The Bertz CT molecular complexity index is 5460. The molecular weight excluding hydrogens is 1420 g/mol. The fraction of sp³-hybridized carbons (Fsp3) is 0.381. The molecule has 12 aromatic heterocycles. The second-order valence-corrected chi connectivity index (χ2v) is 36.0. The molecule has 0 aromatic carbocycles. The minimum atomic E-state index is -3.54. The van der Waals surface area contributed by atoms with Gasteiger partial charge >= 0.3 is 0 Å². The number of sulfonamides is 3. The van der Waals surface area contributed by atoms with Crippen LogP contribution in [0.25, 0.3) is 50.3 Å². The molecular formula is C63H81N27O6S6. The lowest BCUT2D eigenvalue weighted by molar-refractivity contribution is 0.452. The molecule has 0 bridgehead atoms. The molecule has 39 heteroatoms. The van der Waals surface area contributed by atoms with Gasteiger partial charge in [0, 0.05) is 191 Å². The molecule has 3 aliphatic rings. The summed E-state index contributed by atoms with van der Waals surface area (Å²) in [6.07, 6.45) is 19.5. The Morgan fingerprint density at radius 2 is 0.804 bits per heavy atom. The molecule has 0 aliphatic carbocycles. The summed E-state index contributed by atoms with van der Waals surface area (Å²) < 4.78 is 91.3. The predicted molar refractivity (Wildman–Crippen MR) is 400 cm³/mol. The van der Waals surface area contributed by atoms with Crippen LogP contribution in [0.5, 0.6) is 0 Å². The Morgan fingerprint density at radius 1 is 0.471 bits per heavy atom. The first-order valence-electron chi connectivity index (χ1n) is 32.5. The Hall–Kier alpha value is -9.00. The van der Waals surface area contributed by atoms with E-state index in [2.05, 4.69) is 61.2 Å². The van der Waals surface area contributed by atoms with Crippen molar-refractivity contribution in [1.29, 1.82) is 0 Å². The van der Waals surface area contributed by atoms with Gasteiger partial charge < -0.3 is 47.9 Å². The van der Waals surface area contributed by atoms with Gasteiger partial charge in [0.2, 0.25) is 0 Å². The lowest BCUT2D eigenvalue weighted by atomic mass is 10.0. The number of aryl methyl sites for hydroxylation is 6. The number of fused-ring (bicyclic) bond motifs is 3. The zero-order chi connectivity index (χ0) is 72.6. The highest BCUT2D eigenvalue weighted by Gasteiger charge is 2.33. The second kappa shape index (κ2) is 28.0. The Labute approximate surface area is 601 Å². The van der Waals surface area contributed by atoms with Crippen LogP contribution in [0.2, 0.25) is 0 Å². The molecule has 15 heterocycles. The zero-order valence-corrected chi connectivity index (χ0v) is 63.2. The van der Waals surface area contributed by atoms with Crippen LogP contribution in [0.3, 0.4) is 0 Å². The van der Waals surface area contributed by atoms with Crippen LogP contribution >= 0.6 is 34.0 Å². The van der Waals surface area contributed by atoms with Crippen molar-refractivity contribution in [2.24, 2.45) is 38.3 Å². The summed E-state index contributed by atoms with van der Waals surface area (Å²) in [6, 6.07) is 11.9. The molecule has 15 rings (SSSR count). The first-order valence-corrected chi connectivity index (χ1v) is 39.3. The van der Waals surface area contributed by atoms with Gasteiger partial charge in [-0.2, -0.15) is 44.1 Å². The molecule has 0 saturated carbocycles. The standard InChI is InChI=1S/C22H29N9O2S2.C21H27N9O2S2.C20H25N9O2S2/c1-14-8-20(34-22(14)35(32,33)28(2)3)26-19-9-18(30-7-5-6-16(30)10-23)27-21-17(12-25-31(19)21)15-11-24-29(4)13-15;1-13-7-19(33-21(13)34(31,32)27(2)3)25-18-8-17(29-6-5-15(29)9-22)26-20-16(11-24-30(18)20)14-10-23-28(4)12-14;1-12-5-18(32-20(12)33(30,31)26(2)3)24-17-6-16(28-10-14(21)11-28)25-19-15(8-23-29(17)19)13-7-22-27(4)9-13/h8-9,11-13,16,26H,5-7,10,23H2,1-4H3;7-8,10-12,15,25H,5-6,9,22H2,1-4H3;5-9,14,24H,10-11,21H2,1-4H3/t16-;;/m1../s1. The number of hydrogen-bond acceptors (Lipinski definition) is 27. The van der Waals surface area contributed by atoms with Crippen molar-refractivity contribution in [2.75, 3.05) is 112 Å². The van der Waals surface area contributed by atoms with Crippen molar-refractivity contribution in [3.8, 4) is 33.4 Å². The molecule has 1 unspecified atom stereocenters. The molecule has 9 N–H and O–H groups in total. The van der Waals surface area contributed by atoms with Crippen LogP contribution in [0.15, 0.2) is 105 Å². The van der Waals surface area contributed by atoms with Crippen LogP contribution in [-0.4, -0.2) is 211 Å². The average Bonchev–Trinajstić information content (AvgIpc) is 1.56. The normalized spacial score (nSPS) is 16.0. The Balaban J connectivity index is 0.000000137. The third-order valence-corrected chi connectivity index (χ3v) is 28.6. The number of anilines is 9. The molecule has 12 aromatic rings. The SMILES string of the molecule is Cc1cc(Nc2cc(N3CC(N)C3)nc3c(-c4cnn(C)c4)cnn23)sc1S(=O)(=O)N(C)C.Cc1cc(Nc2cc(N3CCC3CN)nc3c(-c4cnn(C)c4)cnn23)sc1S(=O)(=O)N(C)C.Cc1cc(Nc2cc(N3CCC[C@@H]3CN)nc3c(-c4cnn(C)c4)cnn23)sc1S(=O)(=O)N(C)C. The van der Waals surface area contributed by atoms with Crippen LogP contribution in [0.1, 0.15) is 36.0 Å². The fourth-order valence-electron chi connectivity index (χ4n) is 12.2. The molecule has 2 atom stereocenters. The van der Waals surface area contributed by atoms with E-state index in [-0.39, 0.29) is 18.1 Å². The van der Waals surface area contributed by atoms with E-state index >= 15 is 0 Å². The molecule has 0 radical (unpaired) electrons. The van der Waals surface area contributed by atoms with Gasteiger partial charge in [-0.1, -0.05) is 0 Å². The minimum absolute atomic E-state index is 0.126. The maximum absolute atomic E-state index is 12.7. The number of thiophene rings is 3. The number of nitrogens with two attached hydrogens (primary N) is 3. The van der Waals surface area contributed by atoms with E-state index in [0.717, 1.165) is 96.3 Å². The zero-order valence-electron chi connectivity index (χ0n) is 58.3. The first-order chi connectivity index (χ1) is 48.5. The Morgan fingerprint density at radius 3 is 1.11 bits per heavy atom. The van der Waals surface area contributed by atoms with Gasteiger partial charge in [-0.3, -0.25) is 14.0 Å². The molecule has 3 saturated heterocycles. The summed E-state index contributed by atoms with van der Waals surface area (Å²) in [5.41, 5.74) is 27.4. The van der Waals surface area contributed by atoms with Crippen LogP contribution in [-0.2, 0) is 51.2 Å². The number of nitrogens with zero attached hydrogens (tertiary/aromatic N) is 21. The largest absolute Gasteiger partial charge is 0.353 e. The summed E-state index contributed by atoms with van der Waals surface area (Å²) >= 11 is 3.58. The van der Waals surface area contributed by atoms with Gasteiger partial charge in [0.05, 0.1) is 52.2 Å². The van der Waals surface area contributed by atoms with Gasteiger partial charge in [-0.25, -0.2) is 53.1 Å². The lowest BCUT2D eigenvalue weighted by Crippen LogP contribution is -2.56. The van der Waals surface area contributed by atoms with Crippen molar-refractivity contribution < 1.29 is 25.3 Å². The van der Waals surface area contributed by atoms with E-state index in [0.29, 0.717) is 91.8 Å². The topological polar surface area (TPSA) is 380 Å². The summed E-state index contributed by atoms with van der Waals surface area (Å²) in [5.74, 6) is 4.46. The maximum Gasteiger partial charge on any atom is 0.252 e. The summed E-state index contributed by atoms with van der Waals surface area (Å²) in [5, 5.41) is 38.8. The van der Waals surface area contributed by atoms with Crippen LogP contribution < -0.4 is 47.9 Å². The third kappa shape index (κ3) is 13.7. The third-order valence-electron chi connectivity index (χ3n) is 17.8. The van der Waals surface area contributed by atoms with Gasteiger partial charge in [0.1, 0.15) is 47.5 Å². The molecule has 0 amide bonds. The molecule has 0 spiro atoms.